The van der Waals surface area contributed by atoms with Crippen molar-refractivity contribution in [3.63, 3.8) is 0 Å². The maximum absolute atomic E-state index is 12.7. The molecule has 1 aliphatic rings. The summed E-state index contributed by atoms with van der Waals surface area (Å²) in [5.74, 6) is 1.72. The second-order valence-corrected chi connectivity index (χ2v) is 6.67. The zero-order valence-corrected chi connectivity index (χ0v) is 15.7. The zero-order chi connectivity index (χ0) is 19.1. The van der Waals surface area contributed by atoms with Gasteiger partial charge >= 0.3 is 0 Å². The third-order valence-corrected chi connectivity index (χ3v) is 4.72. The van der Waals surface area contributed by atoms with E-state index in [1.807, 2.05) is 6.92 Å². The lowest BCUT2D eigenvalue weighted by atomic mass is 10.1. The Morgan fingerprint density at radius 3 is 2.78 bits per heavy atom. The number of rotatable bonds is 4. The first kappa shape index (κ1) is 17.1. The number of H-pyrrole nitrogens is 1. The number of nitrogens with one attached hydrogen (secondary N) is 1. The number of aromatic nitrogens is 7. The predicted octanol–water partition coefficient (Wildman–Crippen LogP) is 1.42. The third kappa shape index (κ3) is 2.64. The van der Waals surface area contributed by atoms with Crippen LogP contribution in [-0.4, -0.2) is 60.0 Å². The van der Waals surface area contributed by atoms with Crippen molar-refractivity contribution in [3.8, 4) is 17.5 Å². The molecule has 4 rings (SSSR count). The van der Waals surface area contributed by atoms with Gasteiger partial charge in [-0.2, -0.15) is 19.9 Å². The molecule has 0 aromatic carbocycles. The summed E-state index contributed by atoms with van der Waals surface area (Å²) in [5, 5.41) is 11.1. The van der Waals surface area contributed by atoms with Gasteiger partial charge in [0.1, 0.15) is 23.8 Å². The standard InChI is InChI=1S/C17H21N9O/c1-5-12-16(27)24(4)13-8-18-17(22-15(13)25(12)10(2)3)26-14(19-9-21-26)11-6-7-20-23-11/h6-10,12H,5H2,1-4H3,(H,20,23). The second kappa shape index (κ2) is 6.45. The van der Waals surface area contributed by atoms with Crippen LogP contribution in [0.1, 0.15) is 27.2 Å². The zero-order valence-electron chi connectivity index (χ0n) is 15.7. The minimum atomic E-state index is -0.256. The lowest BCUT2D eigenvalue weighted by molar-refractivity contribution is -0.120. The molecular formula is C17H21N9O. The predicted molar refractivity (Wildman–Crippen MR) is 99.6 cm³/mol. The van der Waals surface area contributed by atoms with Crippen molar-refractivity contribution >= 4 is 17.4 Å². The van der Waals surface area contributed by atoms with Gasteiger partial charge in [0, 0.05) is 19.3 Å². The van der Waals surface area contributed by atoms with Crippen LogP contribution in [0.4, 0.5) is 11.5 Å². The van der Waals surface area contributed by atoms with Gasteiger partial charge in [0.2, 0.25) is 5.91 Å². The molecule has 0 aliphatic carbocycles. The summed E-state index contributed by atoms with van der Waals surface area (Å²) in [5.41, 5.74) is 1.40. The van der Waals surface area contributed by atoms with Crippen LogP contribution in [0.3, 0.4) is 0 Å². The fraction of sp³-hybridized carbons (Fsp3) is 0.412. The SMILES string of the molecule is CCC1C(=O)N(C)c2cnc(-n3ncnc3-c3ccn[nH]3)nc2N1C(C)C. The molecule has 0 spiro atoms. The van der Waals surface area contributed by atoms with Crippen LogP contribution in [0.2, 0.25) is 0 Å². The summed E-state index contributed by atoms with van der Waals surface area (Å²) in [4.78, 5) is 29.9. The van der Waals surface area contributed by atoms with Crippen LogP contribution < -0.4 is 9.80 Å². The number of nitrogens with zero attached hydrogens (tertiary/aromatic N) is 8. The number of carbonyl (C=O) groups is 1. The van der Waals surface area contributed by atoms with Crippen molar-refractivity contribution in [1.82, 2.24) is 34.9 Å². The van der Waals surface area contributed by atoms with Gasteiger partial charge in [-0.25, -0.2) is 9.97 Å². The molecule has 0 radical (unpaired) electrons. The summed E-state index contributed by atoms with van der Waals surface area (Å²) < 4.78 is 1.56. The second-order valence-electron chi connectivity index (χ2n) is 6.67. The number of amides is 1. The van der Waals surface area contributed by atoms with Gasteiger partial charge in [-0.15, -0.1) is 0 Å². The minimum absolute atomic E-state index is 0.0500. The first-order valence-electron chi connectivity index (χ1n) is 8.86. The highest BCUT2D eigenvalue weighted by atomic mass is 16.2. The van der Waals surface area contributed by atoms with E-state index in [0.29, 0.717) is 29.6 Å². The Hall–Kier alpha value is -3.30. The quantitative estimate of drug-likeness (QED) is 0.743. The third-order valence-electron chi connectivity index (χ3n) is 4.72. The molecule has 0 saturated heterocycles. The average Bonchev–Trinajstić information content (AvgIpc) is 3.34. The molecule has 4 heterocycles. The highest BCUT2D eigenvalue weighted by Crippen LogP contribution is 2.36. The Morgan fingerprint density at radius 1 is 1.30 bits per heavy atom. The van der Waals surface area contributed by atoms with Crippen molar-refractivity contribution in [3.05, 3.63) is 24.8 Å². The number of carbonyl (C=O) groups excluding carboxylic acids is 1. The van der Waals surface area contributed by atoms with E-state index < -0.39 is 0 Å². The van der Waals surface area contributed by atoms with Crippen LogP contribution in [-0.2, 0) is 4.79 Å². The normalized spacial score (nSPS) is 16.9. The fourth-order valence-corrected chi connectivity index (χ4v) is 3.42. The van der Waals surface area contributed by atoms with E-state index in [1.165, 1.54) is 6.33 Å². The molecule has 0 bridgehead atoms. The molecule has 1 amide bonds. The van der Waals surface area contributed by atoms with Gasteiger partial charge < -0.3 is 9.80 Å². The molecule has 1 atom stereocenters. The number of anilines is 2. The van der Waals surface area contributed by atoms with Crippen molar-refractivity contribution < 1.29 is 4.79 Å². The summed E-state index contributed by atoms with van der Waals surface area (Å²) in [7, 11) is 1.76. The summed E-state index contributed by atoms with van der Waals surface area (Å²) >= 11 is 0. The monoisotopic (exact) mass is 367 g/mol. The summed E-state index contributed by atoms with van der Waals surface area (Å²) in [6.07, 6.45) is 5.46. The van der Waals surface area contributed by atoms with Gasteiger partial charge in [0.15, 0.2) is 11.6 Å². The Kier molecular flexibility index (Phi) is 4.09. The van der Waals surface area contributed by atoms with Crippen molar-refractivity contribution in [2.75, 3.05) is 16.8 Å². The van der Waals surface area contributed by atoms with E-state index in [1.54, 1.807) is 35.1 Å². The smallest absolute Gasteiger partial charge is 0.254 e. The highest BCUT2D eigenvalue weighted by Gasteiger charge is 2.38. The topological polar surface area (TPSA) is 109 Å². The molecule has 140 valence electrons. The number of fused-ring (bicyclic) bond motifs is 1. The Balaban J connectivity index is 1.86. The lowest BCUT2D eigenvalue weighted by Crippen LogP contribution is -2.55. The molecule has 0 saturated carbocycles. The fourth-order valence-electron chi connectivity index (χ4n) is 3.42. The van der Waals surface area contributed by atoms with Crippen LogP contribution >= 0.6 is 0 Å². The van der Waals surface area contributed by atoms with Gasteiger partial charge in [-0.3, -0.25) is 9.89 Å². The maximum Gasteiger partial charge on any atom is 0.254 e. The molecule has 3 aromatic heterocycles. The van der Waals surface area contributed by atoms with E-state index in [9.17, 15) is 4.79 Å². The van der Waals surface area contributed by atoms with Crippen LogP contribution in [0, 0.1) is 0 Å². The Morgan fingerprint density at radius 2 is 2.11 bits per heavy atom. The van der Waals surface area contributed by atoms with Crippen molar-refractivity contribution in [2.24, 2.45) is 0 Å². The number of hydrogen-bond acceptors (Lipinski definition) is 7. The van der Waals surface area contributed by atoms with Crippen molar-refractivity contribution in [2.45, 2.75) is 39.3 Å². The summed E-state index contributed by atoms with van der Waals surface area (Å²) in [6.45, 7) is 6.11. The van der Waals surface area contributed by atoms with Crippen molar-refractivity contribution in [1.29, 1.82) is 0 Å². The van der Waals surface area contributed by atoms with Gasteiger partial charge in [-0.05, 0) is 26.3 Å². The first-order chi connectivity index (χ1) is 13.0. The van der Waals surface area contributed by atoms with Crippen LogP contribution in [0.25, 0.3) is 17.5 Å². The molecule has 10 heteroatoms. The molecular weight excluding hydrogens is 346 g/mol. The summed E-state index contributed by atoms with van der Waals surface area (Å²) in [6, 6.07) is 1.66. The lowest BCUT2D eigenvalue weighted by Gasteiger charge is -2.42. The first-order valence-corrected chi connectivity index (χ1v) is 8.86. The molecule has 10 nitrogen and oxygen atoms in total. The van der Waals surface area contributed by atoms with Gasteiger partial charge in [0.05, 0.1) is 6.20 Å². The minimum Gasteiger partial charge on any atom is -0.340 e. The number of aromatic amines is 1. The van der Waals surface area contributed by atoms with E-state index >= 15 is 0 Å². The number of likely N-dealkylation sites (N-methyl/N-ethyl adjacent to an activating group) is 1. The Bertz CT molecular complexity index is 963. The molecule has 27 heavy (non-hydrogen) atoms. The molecule has 1 unspecified atom stereocenters. The molecule has 0 fully saturated rings. The molecule has 3 aromatic rings. The van der Waals surface area contributed by atoms with E-state index in [4.69, 9.17) is 4.98 Å². The average molecular weight is 367 g/mol. The number of hydrogen-bond donors (Lipinski definition) is 1. The maximum atomic E-state index is 12.7. The molecule has 1 N–H and O–H groups in total. The van der Waals surface area contributed by atoms with E-state index in [2.05, 4.69) is 44.0 Å². The Labute approximate surface area is 156 Å². The molecule has 1 aliphatic heterocycles. The van der Waals surface area contributed by atoms with Crippen LogP contribution in [0.5, 0.6) is 0 Å². The van der Waals surface area contributed by atoms with E-state index in [0.717, 1.165) is 5.82 Å². The van der Waals surface area contributed by atoms with Gasteiger partial charge in [-0.1, -0.05) is 6.92 Å². The van der Waals surface area contributed by atoms with Crippen LogP contribution in [0.15, 0.2) is 24.8 Å². The highest BCUT2D eigenvalue weighted by molar-refractivity contribution is 6.04. The van der Waals surface area contributed by atoms with Gasteiger partial charge in [0.25, 0.3) is 5.95 Å². The van der Waals surface area contributed by atoms with E-state index in [-0.39, 0.29) is 18.0 Å². The largest absolute Gasteiger partial charge is 0.340 e.